The Morgan fingerprint density at radius 1 is 1.14 bits per heavy atom. The Bertz CT molecular complexity index is 448. The molecule has 0 aromatic carbocycles. The third-order valence-electron chi connectivity index (χ3n) is 3.11. The van der Waals surface area contributed by atoms with Crippen LogP contribution in [0.15, 0.2) is 24.5 Å². The topological polar surface area (TPSA) is 65.5 Å². The maximum atomic E-state index is 11.8. The lowest BCUT2D eigenvalue weighted by Crippen LogP contribution is -2.38. The SMILES string of the molecule is CC(=O)N(CCC(=O)NCc1ccncc1)CCN(C)C. The van der Waals surface area contributed by atoms with Gasteiger partial charge in [0.25, 0.3) is 0 Å². The van der Waals surface area contributed by atoms with Crippen LogP contribution in [0.2, 0.25) is 0 Å². The Balaban J connectivity index is 2.31. The van der Waals surface area contributed by atoms with E-state index < -0.39 is 0 Å². The van der Waals surface area contributed by atoms with E-state index in [9.17, 15) is 9.59 Å². The summed E-state index contributed by atoms with van der Waals surface area (Å²) in [6.07, 6.45) is 3.71. The van der Waals surface area contributed by atoms with Crippen LogP contribution >= 0.6 is 0 Å². The number of amides is 2. The second-order valence-electron chi connectivity index (χ2n) is 5.19. The maximum Gasteiger partial charge on any atom is 0.222 e. The Labute approximate surface area is 126 Å². The van der Waals surface area contributed by atoms with Crippen molar-refractivity contribution >= 4 is 11.8 Å². The molecule has 0 aliphatic carbocycles. The van der Waals surface area contributed by atoms with Gasteiger partial charge in [-0.2, -0.15) is 0 Å². The molecule has 0 spiro atoms. The van der Waals surface area contributed by atoms with Crippen molar-refractivity contribution in [1.82, 2.24) is 20.1 Å². The summed E-state index contributed by atoms with van der Waals surface area (Å²) in [5.74, 6) is -0.0540. The molecule has 0 bridgehead atoms. The zero-order valence-corrected chi connectivity index (χ0v) is 13.0. The molecule has 0 saturated heterocycles. The largest absolute Gasteiger partial charge is 0.352 e. The van der Waals surface area contributed by atoms with E-state index in [2.05, 4.69) is 10.3 Å². The number of pyridine rings is 1. The van der Waals surface area contributed by atoms with E-state index in [0.717, 1.165) is 12.1 Å². The molecule has 0 aliphatic heterocycles. The Hall–Kier alpha value is -1.95. The Kier molecular flexibility index (Phi) is 7.39. The molecule has 0 unspecified atom stereocenters. The summed E-state index contributed by atoms with van der Waals surface area (Å²) in [5.41, 5.74) is 1.01. The highest BCUT2D eigenvalue weighted by atomic mass is 16.2. The molecule has 1 aromatic rings. The number of nitrogens with zero attached hydrogens (tertiary/aromatic N) is 3. The number of aromatic nitrogens is 1. The normalized spacial score (nSPS) is 10.5. The number of carbonyl (C=O) groups is 2. The van der Waals surface area contributed by atoms with Gasteiger partial charge in [0.15, 0.2) is 0 Å². The highest BCUT2D eigenvalue weighted by molar-refractivity contribution is 5.78. The average Bonchev–Trinajstić information content (AvgIpc) is 2.45. The van der Waals surface area contributed by atoms with Gasteiger partial charge in [-0.15, -0.1) is 0 Å². The number of likely N-dealkylation sites (N-methyl/N-ethyl adjacent to an activating group) is 1. The van der Waals surface area contributed by atoms with Gasteiger partial charge in [-0.3, -0.25) is 14.6 Å². The zero-order chi connectivity index (χ0) is 15.7. The van der Waals surface area contributed by atoms with Gasteiger partial charge in [-0.05, 0) is 31.8 Å². The summed E-state index contributed by atoms with van der Waals surface area (Å²) in [6.45, 7) is 3.90. The highest BCUT2D eigenvalue weighted by Crippen LogP contribution is 1.97. The van der Waals surface area contributed by atoms with Gasteiger partial charge in [0.05, 0.1) is 0 Å². The lowest BCUT2D eigenvalue weighted by Gasteiger charge is -2.22. The van der Waals surface area contributed by atoms with Crippen LogP contribution < -0.4 is 5.32 Å². The number of hydrogen-bond donors (Lipinski definition) is 1. The Morgan fingerprint density at radius 3 is 2.38 bits per heavy atom. The first kappa shape index (κ1) is 17.1. The van der Waals surface area contributed by atoms with Crippen molar-refractivity contribution in [2.45, 2.75) is 19.9 Å². The van der Waals surface area contributed by atoms with Crippen LogP contribution in [0.5, 0.6) is 0 Å². The molecule has 0 radical (unpaired) electrons. The molecule has 0 saturated carbocycles. The molecule has 1 heterocycles. The fraction of sp³-hybridized carbons (Fsp3) is 0.533. The van der Waals surface area contributed by atoms with E-state index in [1.807, 2.05) is 31.1 Å². The van der Waals surface area contributed by atoms with Crippen LogP contribution in [0.1, 0.15) is 18.9 Å². The smallest absolute Gasteiger partial charge is 0.222 e. The first-order chi connectivity index (χ1) is 9.99. The number of hydrogen-bond acceptors (Lipinski definition) is 4. The van der Waals surface area contributed by atoms with Gasteiger partial charge in [0.1, 0.15) is 0 Å². The average molecular weight is 292 g/mol. The molecule has 1 N–H and O–H groups in total. The fourth-order valence-electron chi connectivity index (χ4n) is 1.77. The molecule has 21 heavy (non-hydrogen) atoms. The number of nitrogens with one attached hydrogen (secondary N) is 1. The van der Waals surface area contributed by atoms with Crippen molar-refractivity contribution in [1.29, 1.82) is 0 Å². The van der Waals surface area contributed by atoms with Crippen LogP contribution in [-0.2, 0) is 16.1 Å². The fourth-order valence-corrected chi connectivity index (χ4v) is 1.77. The van der Waals surface area contributed by atoms with Crippen molar-refractivity contribution in [3.05, 3.63) is 30.1 Å². The minimum absolute atomic E-state index is 0.00113. The van der Waals surface area contributed by atoms with Crippen molar-refractivity contribution < 1.29 is 9.59 Å². The van der Waals surface area contributed by atoms with E-state index in [-0.39, 0.29) is 11.8 Å². The minimum Gasteiger partial charge on any atom is -0.352 e. The third kappa shape index (κ3) is 7.41. The van der Waals surface area contributed by atoms with Crippen LogP contribution in [0.4, 0.5) is 0 Å². The van der Waals surface area contributed by atoms with Crippen molar-refractivity contribution in [2.24, 2.45) is 0 Å². The van der Waals surface area contributed by atoms with E-state index in [1.54, 1.807) is 17.3 Å². The summed E-state index contributed by atoms with van der Waals surface area (Å²) < 4.78 is 0. The van der Waals surface area contributed by atoms with Gasteiger partial charge in [-0.25, -0.2) is 0 Å². The van der Waals surface area contributed by atoms with E-state index in [0.29, 0.717) is 26.1 Å². The maximum absolute atomic E-state index is 11.8. The van der Waals surface area contributed by atoms with E-state index in [1.165, 1.54) is 6.92 Å². The van der Waals surface area contributed by atoms with Crippen LogP contribution in [0.3, 0.4) is 0 Å². The van der Waals surface area contributed by atoms with Gasteiger partial charge < -0.3 is 15.1 Å². The van der Waals surface area contributed by atoms with Crippen molar-refractivity contribution in [2.75, 3.05) is 33.7 Å². The molecule has 2 amide bonds. The van der Waals surface area contributed by atoms with E-state index >= 15 is 0 Å². The molecular weight excluding hydrogens is 268 g/mol. The van der Waals surface area contributed by atoms with Gasteiger partial charge in [0.2, 0.25) is 11.8 Å². The minimum atomic E-state index is -0.0529. The molecule has 6 nitrogen and oxygen atoms in total. The van der Waals surface area contributed by atoms with Gasteiger partial charge >= 0.3 is 0 Å². The molecule has 6 heteroatoms. The molecule has 1 rings (SSSR count). The molecular formula is C15H24N4O2. The molecule has 116 valence electrons. The quantitative estimate of drug-likeness (QED) is 0.758. The summed E-state index contributed by atoms with van der Waals surface area (Å²) in [4.78, 5) is 31.0. The lowest BCUT2D eigenvalue weighted by atomic mass is 10.2. The first-order valence-electron chi connectivity index (χ1n) is 7.05. The summed E-state index contributed by atoms with van der Waals surface area (Å²) >= 11 is 0. The van der Waals surface area contributed by atoms with Crippen molar-refractivity contribution in [3.8, 4) is 0 Å². The van der Waals surface area contributed by atoms with E-state index in [4.69, 9.17) is 0 Å². The van der Waals surface area contributed by atoms with Crippen molar-refractivity contribution in [3.63, 3.8) is 0 Å². The van der Waals surface area contributed by atoms with Crippen LogP contribution in [0, 0.1) is 0 Å². The predicted molar refractivity (Wildman–Crippen MR) is 81.5 cm³/mol. The third-order valence-corrected chi connectivity index (χ3v) is 3.11. The second kappa shape index (κ2) is 9.07. The second-order valence-corrected chi connectivity index (χ2v) is 5.19. The molecule has 0 atom stereocenters. The molecule has 1 aromatic heterocycles. The number of rotatable bonds is 8. The Morgan fingerprint density at radius 2 is 1.81 bits per heavy atom. The standard InChI is InChI=1S/C15H24N4O2/c1-13(20)19(11-10-18(2)3)9-6-15(21)17-12-14-4-7-16-8-5-14/h4-5,7-8H,6,9-12H2,1-3H3,(H,17,21). The first-order valence-corrected chi connectivity index (χ1v) is 7.05. The molecule has 0 fully saturated rings. The predicted octanol–water partition coefficient (Wildman–Crippen LogP) is 0.498. The molecule has 0 aliphatic rings. The van der Waals surface area contributed by atoms with Gasteiger partial charge in [-0.1, -0.05) is 0 Å². The lowest BCUT2D eigenvalue weighted by molar-refractivity contribution is -0.129. The van der Waals surface area contributed by atoms with Crippen LogP contribution in [0.25, 0.3) is 0 Å². The van der Waals surface area contributed by atoms with Crippen LogP contribution in [-0.4, -0.2) is 60.3 Å². The zero-order valence-electron chi connectivity index (χ0n) is 13.0. The highest BCUT2D eigenvalue weighted by Gasteiger charge is 2.11. The summed E-state index contributed by atoms with van der Waals surface area (Å²) in [5, 5.41) is 2.84. The summed E-state index contributed by atoms with van der Waals surface area (Å²) in [7, 11) is 3.92. The number of carbonyl (C=O) groups excluding carboxylic acids is 2. The van der Waals surface area contributed by atoms with Gasteiger partial charge in [0, 0.05) is 51.9 Å². The monoisotopic (exact) mass is 292 g/mol. The summed E-state index contributed by atoms with van der Waals surface area (Å²) in [6, 6.07) is 3.72.